The molecule has 1 fully saturated rings. The third kappa shape index (κ3) is 4.78. The summed E-state index contributed by atoms with van der Waals surface area (Å²) >= 11 is 0. The minimum absolute atomic E-state index is 0.0808. The van der Waals surface area contributed by atoms with E-state index in [2.05, 4.69) is 30.6 Å². The van der Waals surface area contributed by atoms with Crippen LogP contribution in [0.1, 0.15) is 17.9 Å². The van der Waals surface area contributed by atoms with Crippen LogP contribution in [0.25, 0.3) is 11.6 Å². The first-order chi connectivity index (χ1) is 14.9. The second-order valence-electron chi connectivity index (χ2n) is 6.89. The summed E-state index contributed by atoms with van der Waals surface area (Å²) in [5, 5.41) is 12.8. The largest absolute Gasteiger partial charge is 0.379 e. The summed E-state index contributed by atoms with van der Waals surface area (Å²) in [7, 11) is -3.67. The van der Waals surface area contributed by atoms with Crippen LogP contribution in [-0.2, 0) is 26.0 Å². The molecule has 1 aliphatic rings. The predicted molar refractivity (Wildman–Crippen MR) is 107 cm³/mol. The first-order valence-electron chi connectivity index (χ1n) is 9.60. The van der Waals surface area contributed by atoms with E-state index in [0.29, 0.717) is 43.4 Å². The topological polar surface area (TPSA) is 156 Å². The van der Waals surface area contributed by atoms with Crippen LogP contribution in [0.15, 0.2) is 33.9 Å². The van der Waals surface area contributed by atoms with Crippen LogP contribution in [0, 0.1) is 6.92 Å². The maximum absolute atomic E-state index is 13.0. The number of nitrogens with one attached hydrogen (secondary N) is 2. The summed E-state index contributed by atoms with van der Waals surface area (Å²) in [6.45, 7) is 3.06. The Balaban J connectivity index is 1.40. The molecule has 2 N–H and O–H groups in total. The third-order valence-corrected chi connectivity index (χ3v) is 6.76. The van der Waals surface area contributed by atoms with Crippen molar-refractivity contribution >= 4 is 21.6 Å². The summed E-state index contributed by atoms with van der Waals surface area (Å²) in [6, 6.07) is 4.82. The summed E-state index contributed by atoms with van der Waals surface area (Å²) in [5.41, 5.74) is 1.01. The van der Waals surface area contributed by atoms with E-state index >= 15 is 0 Å². The standard InChI is InChI=1S/C18H21N7O5S/c1-12-2-3-13(10-14(12)31(27,28)25-6-8-29-9-7-25)21-15(26)4-5-16-22-18(24-30-16)17-19-11-20-23-17/h2-3,10-11H,4-9H2,1H3,(H,21,26)(H,19,20,23). The molecule has 0 saturated carbocycles. The molecule has 0 unspecified atom stereocenters. The summed E-state index contributed by atoms with van der Waals surface area (Å²) in [5.74, 6) is 0.594. The van der Waals surface area contributed by atoms with Crippen LogP contribution in [0.4, 0.5) is 5.69 Å². The number of hydrogen-bond acceptors (Lipinski definition) is 9. The van der Waals surface area contributed by atoms with Gasteiger partial charge in [-0.05, 0) is 24.6 Å². The van der Waals surface area contributed by atoms with Crippen molar-refractivity contribution in [1.82, 2.24) is 29.6 Å². The van der Waals surface area contributed by atoms with Gasteiger partial charge in [-0.15, -0.1) is 0 Å². The van der Waals surface area contributed by atoms with Gasteiger partial charge in [0.25, 0.3) is 0 Å². The van der Waals surface area contributed by atoms with Crippen molar-refractivity contribution in [2.75, 3.05) is 31.6 Å². The molecule has 0 bridgehead atoms. The molecule has 1 aromatic carbocycles. The lowest BCUT2D eigenvalue weighted by Crippen LogP contribution is -2.40. The molecule has 12 nitrogen and oxygen atoms in total. The van der Waals surface area contributed by atoms with Gasteiger partial charge in [-0.2, -0.15) is 14.4 Å². The average Bonchev–Trinajstić information content (AvgIpc) is 3.46. The van der Waals surface area contributed by atoms with Crippen molar-refractivity contribution in [1.29, 1.82) is 0 Å². The molecule has 4 rings (SSSR count). The lowest BCUT2D eigenvalue weighted by molar-refractivity contribution is -0.116. The van der Waals surface area contributed by atoms with Crippen LogP contribution >= 0.6 is 0 Å². The van der Waals surface area contributed by atoms with Crippen LogP contribution in [0.5, 0.6) is 0 Å². The highest BCUT2D eigenvalue weighted by atomic mass is 32.2. The molecule has 0 aliphatic carbocycles. The van der Waals surface area contributed by atoms with Gasteiger partial charge in [0, 0.05) is 31.6 Å². The number of aryl methyl sites for hydroxylation is 2. The minimum Gasteiger partial charge on any atom is -0.379 e. The van der Waals surface area contributed by atoms with Crippen molar-refractivity contribution in [3.05, 3.63) is 36.0 Å². The summed E-state index contributed by atoms with van der Waals surface area (Å²) < 4.78 is 37.7. The van der Waals surface area contributed by atoms with Crippen LogP contribution in [-0.4, -0.2) is 70.3 Å². The molecule has 13 heteroatoms. The Morgan fingerprint density at radius 1 is 1.29 bits per heavy atom. The molecule has 2 aromatic heterocycles. The number of ether oxygens (including phenoxy) is 1. The number of carbonyl (C=O) groups is 1. The fourth-order valence-electron chi connectivity index (χ4n) is 3.09. The number of rotatable bonds is 7. The molecular weight excluding hydrogens is 426 g/mol. The zero-order valence-electron chi connectivity index (χ0n) is 16.7. The zero-order chi connectivity index (χ0) is 21.8. The molecule has 1 saturated heterocycles. The van der Waals surface area contributed by atoms with E-state index in [4.69, 9.17) is 9.26 Å². The van der Waals surface area contributed by atoms with Gasteiger partial charge >= 0.3 is 0 Å². The number of morpholine rings is 1. The lowest BCUT2D eigenvalue weighted by atomic mass is 10.2. The molecule has 0 radical (unpaired) electrons. The van der Waals surface area contributed by atoms with Crippen molar-refractivity contribution < 1.29 is 22.5 Å². The van der Waals surface area contributed by atoms with Crippen LogP contribution in [0.3, 0.4) is 0 Å². The van der Waals surface area contributed by atoms with E-state index in [9.17, 15) is 13.2 Å². The molecule has 1 amide bonds. The van der Waals surface area contributed by atoms with Gasteiger partial charge in [0.2, 0.25) is 27.6 Å². The Labute approximate surface area is 178 Å². The summed E-state index contributed by atoms with van der Waals surface area (Å²) in [4.78, 5) is 20.6. The van der Waals surface area contributed by atoms with Gasteiger partial charge in [0.05, 0.1) is 18.1 Å². The van der Waals surface area contributed by atoms with Gasteiger partial charge in [0.15, 0.2) is 5.82 Å². The highest BCUT2D eigenvalue weighted by molar-refractivity contribution is 7.89. The number of sulfonamides is 1. The summed E-state index contributed by atoms with van der Waals surface area (Å²) in [6.07, 6.45) is 1.63. The smallest absolute Gasteiger partial charge is 0.243 e. The number of aromatic nitrogens is 5. The molecule has 0 atom stereocenters. The monoisotopic (exact) mass is 447 g/mol. The second kappa shape index (κ2) is 8.91. The highest BCUT2D eigenvalue weighted by Crippen LogP contribution is 2.24. The Bertz CT molecular complexity index is 1150. The number of H-pyrrole nitrogens is 1. The van der Waals surface area contributed by atoms with Gasteiger partial charge in [-0.1, -0.05) is 11.2 Å². The highest BCUT2D eigenvalue weighted by Gasteiger charge is 2.28. The number of aromatic amines is 1. The molecule has 1 aliphatic heterocycles. The molecule has 31 heavy (non-hydrogen) atoms. The van der Waals surface area contributed by atoms with Crippen LogP contribution in [0.2, 0.25) is 0 Å². The first-order valence-corrected chi connectivity index (χ1v) is 11.0. The molecule has 164 valence electrons. The van der Waals surface area contributed by atoms with Gasteiger partial charge in [0.1, 0.15) is 6.33 Å². The fraction of sp³-hybridized carbons (Fsp3) is 0.389. The van der Waals surface area contributed by atoms with E-state index in [-0.39, 0.29) is 35.4 Å². The van der Waals surface area contributed by atoms with Crippen molar-refractivity contribution in [2.45, 2.75) is 24.7 Å². The Morgan fingerprint density at radius 2 is 2.10 bits per heavy atom. The number of hydrogen-bond donors (Lipinski definition) is 2. The van der Waals surface area contributed by atoms with Crippen molar-refractivity contribution in [2.24, 2.45) is 0 Å². The Kier molecular flexibility index (Phi) is 6.06. The SMILES string of the molecule is Cc1ccc(NC(=O)CCc2nc(-c3ncn[nH]3)no2)cc1S(=O)(=O)N1CCOCC1. The Hall–Kier alpha value is -3.16. The molecule has 3 aromatic rings. The van der Waals surface area contributed by atoms with Crippen molar-refractivity contribution in [3.8, 4) is 11.6 Å². The molecular formula is C18H21N7O5S. The normalized spacial score (nSPS) is 15.1. The minimum atomic E-state index is -3.67. The predicted octanol–water partition coefficient (Wildman–Crippen LogP) is 0.755. The lowest BCUT2D eigenvalue weighted by Gasteiger charge is -2.26. The molecule has 3 heterocycles. The second-order valence-corrected chi connectivity index (χ2v) is 8.80. The van der Waals surface area contributed by atoms with Crippen LogP contribution < -0.4 is 5.32 Å². The molecule has 0 spiro atoms. The number of amides is 1. The van der Waals surface area contributed by atoms with E-state index in [1.165, 1.54) is 16.7 Å². The maximum atomic E-state index is 13.0. The van der Waals surface area contributed by atoms with Crippen molar-refractivity contribution in [3.63, 3.8) is 0 Å². The van der Waals surface area contributed by atoms with E-state index in [0.717, 1.165) is 0 Å². The number of carbonyl (C=O) groups excluding carboxylic acids is 1. The Morgan fingerprint density at radius 3 is 2.84 bits per heavy atom. The maximum Gasteiger partial charge on any atom is 0.243 e. The number of benzene rings is 1. The quantitative estimate of drug-likeness (QED) is 0.533. The van der Waals surface area contributed by atoms with Gasteiger partial charge in [-0.3, -0.25) is 9.89 Å². The van der Waals surface area contributed by atoms with Gasteiger partial charge < -0.3 is 14.6 Å². The number of anilines is 1. The average molecular weight is 447 g/mol. The number of nitrogens with zero attached hydrogens (tertiary/aromatic N) is 5. The van der Waals surface area contributed by atoms with Gasteiger partial charge in [-0.25, -0.2) is 13.4 Å². The van der Waals surface area contributed by atoms with E-state index < -0.39 is 10.0 Å². The third-order valence-electron chi connectivity index (χ3n) is 4.72. The van der Waals surface area contributed by atoms with E-state index in [1.807, 2.05) is 0 Å². The zero-order valence-corrected chi connectivity index (χ0v) is 17.6. The first kappa shape index (κ1) is 21.1. The van der Waals surface area contributed by atoms with E-state index in [1.54, 1.807) is 19.1 Å². The fourth-order valence-corrected chi connectivity index (χ4v) is 4.75.